The second kappa shape index (κ2) is 7.11. The number of hydrogen-bond acceptors (Lipinski definition) is 4. The molecule has 1 amide bonds. The second-order valence-corrected chi connectivity index (χ2v) is 5.27. The first-order chi connectivity index (χ1) is 10.9. The summed E-state index contributed by atoms with van der Waals surface area (Å²) in [5, 5.41) is 13.5. The summed E-state index contributed by atoms with van der Waals surface area (Å²) in [7, 11) is 1.56. The van der Waals surface area contributed by atoms with Crippen LogP contribution in [0.4, 0.5) is 5.69 Å². The van der Waals surface area contributed by atoms with Crippen LogP contribution < -0.4 is 10.1 Å². The van der Waals surface area contributed by atoms with Gasteiger partial charge in [-0.25, -0.2) is 0 Å². The highest BCUT2D eigenvalue weighted by atomic mass is 35.5. The van der Waals surface area contributed by atoms with Crippen LogP contribution in [0.25, 0.3) is 0 Å². The molecule has 0 heterocycles. The van der Waals surface area contributed by atoms with E-state index < -0.39 is 10.8 Å². The van der Waals surface area contributed by atoms with Crippen molar-refractivity contribution in [1.29, 1.82) is 0 Å². The molecule has 1 N–H and O–H groups in total. The maximum absolute atomic E-state index is 12.3. The minimum absolute atomic E-state index is 0.0314. The molecule has 0 saturated carbocycles. The zero-order chi connectivity index (χ0) is 17.0. The number of benzene rings is 2. The lowest BCUT2D eigenvalue weighted by Crippen LogP contribution is -2.27. The molecule has 2 aromatic carbocycles. The Morgan fingerprint density at radius 3 is 2.61 bits per heavy atom. The number of hydrogen-bond donors (Lipinski definition) is 1. The van der Waals surface area contributed by atoms with Crippen LogP contribution in [-0.4, -0.2) is 17.9 Å². The lowest BCUT2D eigenvalue weighted by atomic mass is 10.1. The van der Waals surface area contributed by atoms with Crippen molar-refractivity contribution >= 4 is 23.2 Å². The Balaban J connectivity index is 2.20. The fraction of sp³-hybridized carbons (Fsp3) is 0.188. The van der Waals surface area contributed by atoms with E-state index in [1.165, 1.54) is 12.1 Å². The number of non-ortho nitro benzene ring substituents is 1. The van der Waals surface area contributed by atoms with E-state index in [4.69, 9.17) is 16.3 Å². The summed E-state index contributed by atoms with van der Waals surface area (Å²) >= 11 is 5.97. The van der Waals surface area contributed by atoms with Crippen molar-refractivity contribution in [3.05, 3.63) is 68.7 Å². The standard InChI is InChI=1S/C16H15ClN2O4/c1-10(12-5-3-4-6-15(12)23-2)18-16(20)13-8-7-11(19(21)22)9-14(13)17/h3-10H,1-2H3,(H,18,20)/t10-/m1/s1. The highest BCUT2D eigenvalue weighted by molar-refractivity contribution is 6.34. The Kier molecular flexibility index (Phi) is 5.18. The SMILES string of the molecule is COc1ccccc1[C@@H](C)NC(=O)c1ccc([N+](=O)[O-])cc1Cl. The second-order valence-electron chi connectivity index (χ2n) is 4.86. The number of methoxy groups -OCH3 is 1. The molecule has 0 aliphatic carbocycles. The van der Waals surface area contributed by atoms with E-state index in [-0.39, 0.29) is 22.3 Å². The molecular weight excluding hydrogens is 320 g/mol. The summed E-state index contributed by atoms with van der Waals surface area (Å²) in [5.41, 5.74) is 0.838. The molecule has 0 aliphatic rings. The quantitative estimate of drug-likeness (QED) is 0.667. The summed E-state index contributed by atoms with van der Waals surface area (Å²) in [5.74, 6) is 0.249. The first-order valence-corrected chi connectivity index (χ1v) is 7.19. The largest absolute Gasteiger partial charge is 0.496 e. The van der Waals surface area contributed by atoms with Crippen LogP contribution in [0.15, 0.2) is 42.5 Å². The number of halogens is 1. The molecule has 120 valence electrons. The maximum atomic E-state index is 12.3. The topological polar surface area (TPSA) is 81.5 Å². The Morgan fingerprint density at radius 2 is 2.00 bits per heavy atom. The molecule has 0 fully saturated rings. The van der Waals surface area contributed by atoms with Crippen LogP contribution in [0.5, 0.6) is 5.75 Å². The van der Waals surface area contributed by atoms with Crippen molar-refractivity contribution in [2.45, 2.75) is 13.0 Å². The number of carbonyl (C=O) groups excluding carboxylic acids is 1. The lowest BCUT2D eigenvalue weighted by Gasteiger charge is -2.17. The normalized spacial score (nSPS) is 11.6. The van der Waals surface area contributed by atoms with Gasteiger partial charge < -0.3 is 10.1 Å². The monoisotopic (exact) mass is 334 g/mol. The van der Waals surface area contributed by atoms with Crippen LogP contribution in [0.1, 0.15) is 28.9 Å². The van der Waals surface area contributed by atoms with Crippen LogP contribution >= 0.6 is 11.6 Å². The third kappa shape index (κ3) is 3.78. The molecular formula is C16H15ClN2O4. The number of carbonyl (C=O) groups is 1. The maximum Gasteiger partial charge on any atom is 0.270 e. The molecule has 7 heteroatoms. The molecule has 0 unspecified atom stereocenters. The number of ether oxygens (including phenoxy) is 1. The summed E-state index contributed by atoms with van der Waals surface area (Å²) in [6.07, 6.45) is 0. The summed E-state index contributed by atoms with van der Waals surface area (Å²) in [6, 6.07) is 10.8. The number of nitrogens with zero attached hydrogens (tertiary/aromatic N) is 1. The van der Waals surface area contributed by atoms with Gasteiger partial charge in [0, 0.05) is 17.7 Å². The van der Waals surface area contributed by atoms with E-state index in [2.05, 4.69) is 5.32 Å². The predicted octanol–water partition coefficient (Wildman–Crippen LogP) is 3.75. The third-order valence-electron chi connectivity index (χ3n) is 3.36. The number of amides is 1. The van der Waals surface area contributed by atoms with E-state index in [1.54, 1.807) is 13.2 Å². The number of rotatable bonds is 5. The molecule has 6 nitrogen and oxygen atoms in total. The molecule has 0 aliphatic heterocycles. The zero-order valence-electron chi connectivity index (χ0n) is 12.6. The van der Waals surface area contributed by atoms with Crippen molar-refractivity contribution in [2.24, 2.45) is 0 Å². The van der Waals surface area contributed by atoms with E-state index in [0.717, 1.165) is 11.6 Å². The van der Waals surface area contributed by atoms with Gasteiger partial charge >= 0.3 is 0 Å². The van der Waals surface area contributed by atoms with Crippen LogP contribution in [0.2, 0.25) is 5.02 Å². The van der Waals surface area contributed by atoms with Crippen LogP contribution in [0, 0.1) is 10.1 Å². The van der Waals surface area contributed by atoms with Gasteiger partial charge in [0.1, 0.15) is 5.75 Å². The first kappa shape index (κ1) is 16.8. The molecule has 0 saturated heterocycles. The number of nitro groups is 1. The molecule has 0 bridgehead atoms. The van der Waals surface area contributed by atoms with Gasteiger partial charge in [0.25, 0.3) is 11.6 Å². The van der Waals surface area contributed by atoms with E-state index >= 15 is 0 Å². The number of nitrogens with one attached hydrogen (secondary N) is 1. The molecule has 0 radical (unpaired) electrons. The van der Waals surface area contributed by atoms with Crippen molar-refractivity contribution in [1.82, 2.24) is 5.32 Å². The van der Waals surface area contributed by atoms with E-state index in [9.17, 15) is 14.9 Å². The predicted molar refractivity (Wildman–Crippen MR) is 87.0 cm³/mol. The van der Waals surface area contributed by atoms with Gasteiger partial charge in [0.05, 0.1) is 28.7 Å². The van der Waals surface area contributed by atoms with Gasteiger partial charge in [0.15, 0.2) is 0 Å². The lowest BCUT2D eigenvalue weighted by molar-refractivity contribution is -0.384. The smallest absolute Gasteiger partial charge is 0.270 e. The Hall–Kier alpha value is -2.60. The molecule has 23 heavy (non-hydrogen) atoms. The van der Waals surface area contributed by atoms with Gasteiger partial charge in [-0.2, -0.15) is 0 Å². The Bertz CT molecular complexity index is 749. The van der Waals surface area contributed by atoms with Gasteiger partial charge in [-0.15, -0.1) is 0 Å². The Morgan fingerprint density at radius 1 is 1.30 bits per heavy atom. The molecule has 0 spiro atoms. The minimum Gasteiger partial charge on any atom is -0.496 e. The van der Waals surface area contributed by atoms with Crippen molar-refractivity contribution in [2.75, 3.05) is 7.11 Å². The average Bonchev–Trinajstić information content (AvgIpc) is 2.54. The van der Waals surface area contributed by atoms with E-state index in [0.29, 0.717) is 5.75 Å². The van der Waals surface area contributed by atoms with Gasteiger partial charge in [0.2, 0.25) is 0 Å². The van der Waals surface area contributed by atoms with Crippen LogP contribution in [-0.2, 0) is 0 Å². The first-order valence-electron chi connectivity index (χ1n) is 6.81. The molecule has 2 aromatic rings. The highest BCUT2D eigenvalue weighted by Gasteiger charge is 2.18. The highest BCUT2D eigenvalue weighted by Crippen LogP contribution is 2.26. The molecule has 1 atom stereocenters. The summed E-state index contributed by atoms with van der Waals surface area (Å²) in [4.78, 5) is 22.5. The van der Waals surface area contributed by atoms with Gasteiger partial charge in [-0.3, -0.25) is 14.9 Å². The summed E-state index contributed by atoms with van der Waals surface area (Å²) < 4.78 is 5.27. The van der Waals surface area contributed by atoms with Crippen molar-refractivity contribution in [3.63, 3.8) is 0 Å². The number of nitro benzene ring substituents is 1. The minimum atomic E-state index is -0.564. The third-order valence-corrected chi connectivity index (χ3v) is 3.67. The van der Waals surface area contributed by atoms with E-state index in [1.807, 2.05) is 25.1 Å². The van der Waals surface area contributed by atoms with Gasteiger partial charge in [-0.1, -0.05) is 29.8 Å². The molecule has 0 aromatic heterocycles. The zero-order valence-corrected chi connectivity index (χ0v) is 13.3. The Labute approximate surface area is 138 Å². The van der Waals surface area contributed by atoms with Gasteiger partial charge in [-0.05, 0) is 19.1 Å². The van der Waals surface area contributed by atoms with Crippen LogP contribution in [0.3, 0.4) is 0 Å². The summed E-state index contributed by atoms with van der Waals surface area (Å²) in [6.45, 7) is 1.81. The fourth-order valence-corrected chi connectivity index (χ4v) is 2.44. The van der Waals surface area contributed by atoms with Crippen molar-refractivity contribution in [3.8, 4) is 5.75 Å². The number of para-hydroxylation sites is 1. The average molecular weight is 335 g/mol. The fourth-order valence-electron chi connectivity index (χ4n) is 2.18. The van der Waals surface area contributed by atoms with Crippen molar-refractivity contribution < 1.29 is 14.5 Å². The molecule has 2 rings (SSSR count).